The van der Waals surface area contributed by atoms with Crippen molar-refractivity contribution in [3.63, 3.8) is 0 Å². The Balaban J connectivity index is 2.01. The molecule has 2 aromatic rings. The lowest BCUT2D eigenvalue weighted by Crippen LogP contribution is -2.19. The van der Waals surface area contributed by atoms with Gasteiger partial charge in [-0.3, -0.25) is 4.98 Å². The third kappa shape index (κ3) is 3.38. The summed E-state index contributed by atoms with van der Waals surface area (Å²) in [6.07, 6.45) is 3.30. The van der Waals surface area contributed by atoms with Crippen molar-refractivity contribution in [2.45, 2.75) is 0 Å². The van der Waals surface area contributed by atoms with E-state index in [2.05, 4.69) is 15.6 Å². The van der Waals surface area contributed by atoms with Gasteiger partial charge < -0.3 is 10.6 Å². The Morgan fingerprint density at radius 3 is 2.67 bits per heavy atom. The number of thiocarbonyl (C=S) groups is 1. The van der Waals surface area contributed by atoms with Gasteiger partial charge in [0.05, 0.1) is 16.9 Å². The van der Waals surface area contributed by atoms with Crippen molar-refractivity contribution in [1.29, 1.82) is 0 Å². The highest BCUT2D eigenvalue weighted by Gasteiger charge is 2.03. The number of halogens is 2. The van der Waals surface area contributed by atoms with Gasteiger partial charge in [-0.1, -0.05) is 11.6 Å². The molecule has 0 spiro atoms. The Hall–Kier alpha value is -1.72. The lowest BCUT2D eigenvalue weighted by molar-refractivity contribution is 0.629. The molecule has 0 aliphatic heterocycles. The van der Waals surface area contributed by atoms with Crippen LogP contribution in [0.15, 0.2) is 42.7 Å². The summed E-state index contributed by atoms with van der Waals surface area (Å²) in [5, 5.41) is 6.21. The van der Waals surface area contributed by atoms with Crippen molar-refractivity contribution in [2.24, 2.45) is 0 Å². The fraction of sp³-hybridized carbons (Fsp3) is 0. The van der Waals surface area contributed by atoms with Crippen LogP contribution in [0.2, 0.25) is 5.02 Å². The minimum Gasteiger partial charge on any atom is -0.332 e. The molecule has 0 amide bonds. The van der Waals surface area contributed by atoms with Crippen LogP contribution in [0.25, 0.3) is 0 Å². The quantitative estimate of drug-likeness (QED) is 0.824. The smallest absolute Gasteiger partial charge is 0.175 e. The van der Waals surface area contributed by atoms with Crippen LogP contribution in [-0.2, 0) is 0 Å². The van der Waals surface area contributed by atoms with Gasteiger partial charge in [-0.15, -0.1) is 0 Å². The van der Waals surface area contributed by atoms with Gasteiger partial charge in [-0.05, 0) is 42.5 Å². The molecule has 2 rings (SSSR count). The second-order valence-corrected chi connectivity index (χ2v) is 4.27. The number of rotatable bonds is 2. The van der Waals surface area contributed by atoms with E-state index < -0.39 is 5.82 Å². The first-order valence-electron chi connectivity index (χ1n) is 5.08. The largest absolute Gasteiger partial charge is 0.332 e. The van der Waals surface area contributed by atoms with Gasteiger partial charge in [-0.25, -0.2) is 4.39 Å². The molecule has 18 heavy (non-hydrogen) atoms. The van der Waals surface area contributed by atoms with Gasteiger partial charge >= 0.3 is 0 Å². The average molecular weight is 282 g/mol. The third-order valence-corrected chi connectivity index (χ3v) is 2.61. The number of pyridine rings is 1. The Morgan fingerprint density at radius 2 is 2.00 bits per heavy atom. The Labute approximate surface area is 114 Å². The number of aromatic nitrogens is 1. The number of benzene rings is 1. The molecule has 0 aliphatic carbocycles. The summed E-state index contributed by atoms with van der Waals surface area (Å²) < 4.78 is 13.2. The molecule has 1 aromatic carbocycles. The number of hydrogen-bond acceptors (Lipinski definition) is 2. The van der Waals surface area contributed by atoms with Crippen LogP contribution in [0, 0.1) is 5.82 Å². The summed E-state index contributed by atoms with van der Waals surface area (Å²) in [5.74, 6) is -0.495. The first kappa shape index (κ1) is 12.7. The molecule has 0 aliphatic rings. The molecule has 0 bridgehead atoms. The van der Waals surface area contributed by atoms with E-state index >= 15 is 0 Å². The third-order valence-electron chi connectivity index (χ3n) is 2.10. The Morgan fingerprint density at radius 1 is 1.22 bits per heavy atom. The average Bonchev–Trinajstić information content (AvgIpc) is 2.35. The number of nitrogens with one attached hydrogen (secondary N) is 2. The van der Waals surface area contributed by atoms with Crippen LogP contribution in [0.5, 0.6) is 0 Å². The van der Waals surface area contributed by atoms with Crippen molar-refractivity contribution in [1.82, 2.24) is 4.98 Å². The molecular formula is C12H9ClFN3S. The highest BCUT2D eigenvalue weighted by atomic mass is 35.5. The first-order chi connectivity index (χ1) is 8.65. The predicted molar refractivity (Wildman–Crippen MR) is 75.5 cm³/mol. The number of anilines is 2. The summed E-state index contributed by atoms with van der Waals surface area (Å²) in [7, 11) is 0. The molecule has 0 saturated carbocycles. The highest BCUT2D eigenvalue weighted by molar-refractivity contribution is 7.80. The van der Waals surface area contributed by atoms with E-state index in [4.69, 9.17) is 23.8 Å². The van der Waals surface area contributed by atoms with Gasteiger partial charge in [-0.2, -0.15) is 0 Å². The maximum Gasteiger partial charge on any atom is 0.175 e. The fourth-order valence-corrected chi connectivity index (χ4v) is 1.66. The minimum atomic E-state index is -0.495. The van der Waals surface area contributed by atoms with Gasteiger partial charge in [0.1, 0.15) is 5.82 Å². The second-order valence-electron chi connectivity index (χ2n) is 3.45. The predicted octanol–water partition coefficient (Wildman–Crippen LogP) is 3.68. The molecule has 0 fully saturated rings. The van der Waals surface area contributed by atoms with Crippen LogP contribution in [0.3, 0.4) is 0 Å². The number of nitrogens with zero attached hydrogens (tertiary/aromatic N) is 1. The fourth-order valence-electron chi connectivity index (χ4n) is 1.30. The van der Waals surface area contributed by atoms with Crippen LogP contribution in [-0.4, -0.2) is 10.1 Å². The molecular weight excluding hydrogens is 273 g/mol. The van der Waals surface area contributed by atoms with Crippen molar-refractivity contribution in [2.75, 3.05) is 10.6 Å². The van der Waals surface area contributed by atoms with E-state index in [1.807, 2.05) is 6.07 Å². The molecule has 0 unspecified atom stereocenters. The standard InChI is InChI=1S/C12H9ClFN3S/c13-10-4-3-8(6-11(10)14)16-12(18)17-9-2-1-5-15-7-9/h1-7H,(H2,16,17,18). The van der Waals surface area contributed by atoms with Gasteiger partial charge in [0.15, 0.2) is 5.11 Å². The molecule has 0 saturated heterocycles. The molecule has 0 atom stereocenters. The zero-order valence-corrected chi connectivity index (χ0v) is 10.7. The van der Waals surface area contributed by atoms with Crippen molar-refractivity contribution < 1.29 is 4.39 Å². The monoisotopic (exact) mass is 281 g/mol. The van der Waals surface area contributed by atoms with E-state index in [1.165, 1.54) is 12.1 Å². The van der Waals surface area contributed by atoms with Crippen molar-refractivity contribution >= 4 is 40.3 Å². The second kappa shape index (κ2) is 5.75. The van der Waals surface area contributed by atoms with E-state index in [1.54, 1.807) is 24.5 Å². The maximum atomic E-state index is 13.2. The SMILES string of the molecule is Fc1cc(NC(=S)Nc2cccnc2)ccc1Cl. The molecule has 1 aromatic heterocycles. The minimum absolute atomic E-state index is 0.0756. The molecule has 2 N–H and O–H groups in total. The van der Waals surface area contributed by atoms with Gasteiger partial charge in [0.2, 0.25) is 0 Å². The van der Waals surface area contributed by atoms with Crippen LogP contribution in [0.1, 0.15) is 0 Å². The topological polar surface area (TPSA) is 37.0 Å². The highest BCUT2D eigenvalue weighted by Crippen LogP contribution is 2.18. The normalized spacial score (nSPS) is 9.89. The molecule has 0 radical (unpaired) electrons. The molecule has 92 valence electrons. The summed E-state index contributed by atoms with van der Waals surface area (Å²) in [5.41, 5.74) is 1.28. The number of hydrogen-bond donors (Lipinski definition) is 2. The van der Waals surface area contributed by atoms with E-state index in [-0.39, 0.29) is 5.02 Å². The summed E-state index contributed by atoms with van der Waals surface area (Å²) in [6.45, 7) is 0. The lowest BCUT2D eigenvalue weighted by Gasteiger charge is -2.10. The lowest BCUT2D eigenvalue weighted by atomic mass is 10.3. The van der Waals surface area contributed by atoms with Gasteiger partial charge in [0, 0.05) is 11.9 Å². The van der Waals surface area contributed by atoms with Crippen molar-refractivity contribution in [3.8, 4) is 0 Å². The van der Waals surface area contributed by atoms with E-state index in [0.717, 1.165) is 5.69 Å². The summed E-state index contributed by atoms with van der Waals surface area (Å²) in [4.78, 5) is 3.94. The van der Waals surface area contributed by atoms with E-state index in [0.29, 0.717) is 10.8 Å². The van der Waals surface area contributed by atoms with Gasteiger partial charge in [0.25, 0.3) is 0 Å². The molecule has 6 heteroatoms. The zero-order valence-electron chi connectivity index (χ0n) is 9.15. The van der Waals surface area contributed by atoms with Crippen LogP contribution < -0.4 is 10.6 Å². The molecule has 3 nitrogen and oxygen atoms in total. The maximum absolute atomic E-state index is 13.2. The molecule has 1 heterocycles. The Bertz CT molecular complexity index is 563. The Kier molecular flexibility index (Phi) is 4.07. The van der Waals surface area contributed by atoms with Crippen LogP contribution >= 0.6 is 23.8 Å². The summed E-state index contributed by atoms with van der Waals surface area (Å²) >= 11 is 10.7. The van der Waals surface area contributed by atoms with Crippen LogP contribution in [0.4, 0.5) is 15.8 Å². The first-order valence-corrected chi connectivity index (χ1v) is 5.87. The van der Waals surface area contributed by atoms with E-state index in [9.17, 15) is 4.39 Å². The summed E-state index contributed by atoms with van der Waals surface area (Å²) in [6, 6.07) is 7.99. The van der Waals surface area contributed by atoms with Crippen molar-refractivity contribution in [3.05, 3.63) is 53.6 Å². The zero-order chi connectivity index (χ0) is 13.0.